The number of ether oxygens (including phenoxy) is 1. The molecule has 4 rings (SSSR count). The summed E-state index contributed by atoms with van der Waals surface area (Å²) in [7, 11) is 0. The standard InChI is InChI=1S/C20H16BrN3O3S/c1-2-9-26-15-6-4-14(5-7-15)22-20-24-23-18(28-20)16-11-12-10-13(21)3-8-17(12)27-19(16)25/h3-8,10-11H,2,9H2,1H3,(H,22,24). The van der Waals surface area contributed by atoms with Crippen LogP contribution in [0.15, 0.2) is 62.2 Å². The van der Waals surface area contributed by atoms with Gasteiger partial charge in [0.05, 0.1) is 12.2 Å². The number of hydrogen-bond donors (Lipinski definition) is 1. The maximum absolute atomic E-state index is 12.3. The van der Waals surface area contributed by atoms with Crippen LogP contribution in [0.1, 0.15) is 13.3 Å². The smallest absolute Gasteiger partial charge is 0.346 e. The minimum atomic E-state index is -0.435. The average Bonchev–Trinajstić information content (AvgIpc) is 3.15. The third-order valence-corrected chi connectivity index (χ3v) is 5.29. The van der Waals surface area contributed by atoms with E-state index in [-0.39, 0.29) is 0 Å². The lowest BCUT2D eigenvalue weighted by molar-refractivity contribution is 0.317. The lowest BCUT2D eigenvalue weighted by Crippen LogP contribution is -2.02. The van der Waals surface area contributed by atoms with Crippen molar-refractivity contribution in [2.45, 2.75) is 13.3 Å². The molecule has 1 N–H and O–H groups in total. The van der Waals surface area contributed by atoms with E-state index in [1.165, 1.54) is 11.3 Å². The Bertz CT molecular complexity index is 1170. The summed E-state index contributed by atoms with van der Waals surface area (Å²) in [6.45, 7) is 2.76. The lowest BCUT2D eigenvalue weighted by Gasteiger charge is -2.06. The Kier molecular flexibility index (Phi) is 5.40. The van der Waals surface area contributed by atoms with Crippen LogP contribution in [0.5, 0.6) is 5.75 Å². The van der Waals surface area contributed by atoms with E-state index in [4.69, 9.17) is 9.15 Å². The van der Waals surface area contributed by atoms with Gasteiger partial charge in [-0.25, -0.2) is 4.79 Å². The number of benzene rings is 2. The van der Waals surface area contributed by atoms with Crippen LogP contribution in [0.2, 0.25) is 0 Å². The summed E-state index contributed by atoms with van der Waals surface area (Å²) in [6.07, 6.45) is 0.966. The minimum Gasteiger partial charge on any atom is -0.494 e. The Morgan fingerprint density at radius 3 is 2.75 bits per heavy atom. The van der Waals surface area contributed by atoms with Crippen molar-refractivity contribution in [1.82, 2.24) is 10.2 Å². The molecule has 0 bridgehead atoms. The molecule has 28 heavy (non-hydrogen) atoms. The summed E-state index contributed by atoms with van der Waals surface area (Å²) >= 11 is 4.72. The molecule has 0 aliphatic rings. The fourth-order valence-corrected chi connectivity index (χ4v) is 3.75. The van der Waals surface area contributed by atoms with Gasteiger partial charge in [-0.3, -0.25) is 0 Å². The molecule has 0 atom stereocenters. The molecule has 0 aliphatic heterocycles. The second-order valence-corrected chi connectivity index (χ2v) is 7.93. The normalized spacial score (nSPS) is 10.9. The number of fused-ring (bicyclic) bond motifs is 1. The van der Waals surface area contributed by atoms with Gasteiger partial charge in [-0.2, -0.15) is 0 Å². The van der Waals surface area contributed by atoms with Crippen LogP contribution in [-0.2, 0) is 0 Å². The predicted molar refractivity (Wildman–Crippen MR) is 115 cm³/mol. The largest absolute Gasteiger partial charge is 0.494 e. The molecule has 2 aromatic carbocycles. The van der Waals surface area contributed by atoms with Crippen molar-refractivity contribution < 1.29 is 9.15 Å². The van der Waals surface area contributed by atoms with Crippen molar-refractivity contribution in [3.8, 4) is 16.3 Å². The Morgan fingerprint density at radius 2 is 1.96 bits per heavy atom. The molecule has 0 radical (unpaired) electrons. The maximum Gasteiger partial charge on any atom is 0.346 e. The van der Waals surface area contributed by atoms with Crippen LogP contribution in [0.3, 0.4) is 0 Å². The highest BCUT2D eigenvalue weighted by molar-refractivity contribution is 9.10. The minimum absolute atomic E-state index is 0.388. The van der Waals surface area contributed by atoms with E-state index in [0.717, 1.165) is 27.7 Å². The van der Waals surface area contributed by atoms with Crippen molar-refractivity contribution in [2.24, 2.45) is 0 Å². The molecule has 8 heteroatoms. The van der Waals surface area contributed by atoms with Gasteiger partial charge in [0.2, 0.25) is 5.13 Å². The van der Waals surface area contributed by atoms with Gasteiger partial charge in [0.25, 0.3) is 0 Å². The summed E-state index contributed by atoms with van der Waals surface area (Å²) in [5, 5.41) is 13.4. The molecule has 2 heterocycles. The molecule has 6 nitrogen and oxygen atoms in total. The number of hydrogen-bond acceptors (Lipinski definition) is 7. The fourth-order valence-electron chi connectivity index (χ4n) is 2.60. The number of rotatable bonds is 6. The predicted octanol–water partition coefficient (Wildman–Crippen LogP) is 5.61. The Hall–Kier alpha value is -2.71. The van der Waals surface area contributed by atoms with Crippen LogP contribution in [0, 0.1) is 0 Å². The van der Waals surface area contributed by atoms with Crippen molar-refractivity contribution in [3.05, 3.63) is 63.4 Å². The monoisotopic (exact) mass is 457 g/mol. The summed E-state index contributed by atoms with van der Waals surface area (Å²) in [6, 6.07) is 14.9. The number of aromatic nitrogens is 2. The molecule has 0 spiro atoms. The quantitative estimate of drug-likeness (QED) is 0.379. The second kappa shape index (κ2) is 8.12. The topological polar surface area (TPSA) is 77.2 Å². The fraction of sp³-hybridized carbons (Fsp3) is 0.150. The van der Waals surface area contributed by atoms with Crippen LogP contribution in [0.25, 0.3) is 21.5 Å². The summed E-state index contributed by atoms with van der Waals surface area (Å²) in [5.41, 5.74) is 1.35. The molecular weight excluding hydrogens is 442 g/mol. The maximum atomic E-state index is 12.3. The lowest BCUT2D eigenvalue weighted by atomic mass is 10.2. The molecule has 142 valence electrons. The van der Waals surface area contributed by atoms with Crippen LogP contribution in [0.4, 0.5) is 10.8 Å². The van der Waals surface area contributed by atoms with Crippen LogP contribution < -0.4 is 15.7 Å². The molecule has 0 aliphatic carbocycles. The Balaban J connectivity index is 1.57. The third kappa shape index (κ3) is 4.07. The first-order valence-corrected chi connectivity index (χ1v) is 10.3. The third-order valence-electron chi connectivity index (χ3n) is 3.93. The molecule has 0 fully saturated rings. The first-order valence-electron chi connectivity index (χ1n) is 8.69. The molecular formula is C20H16BrN3O3S. The number of nitrogens with one attached hydrogen (secondary N) is 1. The van der Waals surface area contributed by atoms with E-state index in [1.807, 2.05) is 36.4 Å². The number of halogens is 1. The van der Waals surface area contributed by atoms with Crippen molar-refractivity contribution in [2.75, 3.05) is 11.9 Å². The summed E-state index contributed by atoms with van der Waals surface area (Å²) in [4.78, 5) is 12.3. The molecule has 0 saturated carbocycles. The number of anilines is 2. The van der Waals surface area contributed by atoms with Crippen molar-refractivity contribution in [1.29, 1.82) is 0 Å². The Morgan fingerprint density at radius 1 is 1.14 bits per heavy atom. The zero-order valence-corrected chi connectivity index (χ0v) is 17.3. The molecule has 2 aromatic heterocycles. The van der Waals surface area contributed by atoms with E-state index in [9.17, 15) is 4.79 Å². The average molecular weight is 458 g/mol. The SMILES string of the molecule is CCCOc1ccc(Nc2nnc(-c3cc4cc(Br)ccc4oc3=O)s2)cc1. The highest BCUT2D eigenvalue weighted by atomic mass is 79.9. The van der Waals surface area contributed by atoms with Gasteiger partial charge in [0.1, 0.15) is 11.3 Å². The van der Waals surface area contributed by atoms with Crippen molar-refractivity contribution >= 4 is 49.1 Å². The highest BCUT2D eigenvalue weighted by Gasteiger charge is 2.13. The zero-order chi connectivity index (χ0) is 19.5. The van der Waals surface area contributed by atoms with Crippen LogP contribution in [-0.4, -0.2) is 16.8 Å². The van der Waals surface area contributed by atoms with Crippen molar-refractivity contribution in [3.63, 3.8) is 0 Å². The summed E-state index contributed by atoms with van der Waals surface area (Å²) < 4.78 is 11.9. The molecule has 0 amide bonds. The van der Waals surface area contributed by atoms with Gasteiger partial charge < -0.3 is 14.5 Å². The van der Waals surface area contributed by atoms with Gasteiger partial charge in [0.15, 0.2) is 5.01 Å². The van der Waals surface area contributed by atoms with Crippen LogP contribution >= 0.6 is 27.3 Å². The van der Waals surface area contributed by atoms with E-state index >= 15 is 0 Å². The number of nitrogens with zero attached hydrogens (tertiary/aromatic N) is 2. The van der Waals surface area contributed by atoms with E-state index in [1.54, 1.807) is 12.1 Å². The Labute approximate surface area is 173 Å². The van der Waals surface area contributed by atoms with Gasteiger partial charge in [-0.05, 0) is 55.0 Å². The van der Waals surface area contributed by atoms with E-state index in [0.29, 0.717) is 27.9 Å². The molecule has 0 unspecified atom stereocenters. The van der Waals surface area contributed by atoms with Gasteiger partial charge >= 0.3 is 5.63 Å². The van der Waals surface area contributed by atoms with Gasteiger partial charge in [0, 0.05) is 15.5 Å². The first kappa shape index (κ1) is 18.6. The zero-order valence-electron chi connectivity index (χ0n) is 14.9. The van der Waals surface area contributed by atoms with Gasteiger partial charge in [-0.1, -0.05) is 34.2 Å². The van der Waals surface area contributed by atoms with E-state index in [2.05, 4.69) is 38.4 Å². The van der Waals surface area contributed by atoms with E-state index < -0.39 is 5.63 Å². The first-order chi connectivity index (χ1) is 13.6. The second-order valence-electron chi connectivity index (χ2n) is 6.04. The highest BCUT2D eigenvalue weighted by Crippen LogP contribution is 2.29. The summed E-state index contributed by atoms with van der Waals surface area (Å²) in [5.74, 6) is 0.824. The molecule has 0 saturated heterocycles. The van der Waals surface area contributed by atoms with Gasteiger partial charge in [-0.15, -0.1) is 10.2 Å². The molecule has 4 aromatic rings.